The van der Waals surface area contributed by atoms with Crippen LogP contribution in [0.2, 0.25) is 0 Å². The summed E-state index contributed by atoms with van der Waals surface area (Å²) in [6.07, 6.45) is 2.32. The lowest BCUT2D eigenvalue weighted by Gasteiger charge is -2.30. The third-order valence-electron chi connectivity index (χ3n) is 7.18. The molecule has 0 aromatic carbocycles. The summed E-state index contributed by atoms with van der Waals surface area (Å²) in [5.41, 5.74) is 0.147. The number of rotatable bonds is 7. The number of fused-ring (bicyclic) bond motifs is 1. The van der Waals surface area contributed by atoms with Crippen LogP contribution in [0.1, 0.15) is 46.0 Å². The van der Waals surface area contributed by atoms with Crippen molar-refractivity contribution in [3.8, 4) is 0 Å². The number of carbonyl (C=O) groups is 3. The molecule has 0 aromatic heterocycles. The van der Waals surface area contributed by atoms with Crippen molar-refractivity contribution in [1.29, 1.82) is 0 Å². The number of amides is 3. The largest absolute Gasteiger partial charge is 0.381 e. The minimum atomic E-state index is -1.36. The molecule has 28 heavy (non-hydrogen) atoms. The van der Waals surface area contributed by atoms with Crippen molar-refractivity contribution in [2.75, 3.05) is 13.1 Å². The van der Waals surface area contributed by atoms with Gasteiger partial charge in [0.1, 0.15) is 0 Å². The second kappa shape index (κ2) is 7.30. The van der Waals surface area contributed by atoms with Crippen LogP contribution < -0.4 is 21.3 Å². The summed E-state index contributed by atoms with van der Waals surface area (Å²) >= 11 is 0. The van der Waals surface area contributed by atoms with Gasteiger partial charge in [0.05, 0.1) is 12.1 Å². The van der Waals surface area contributed by atoms with E-state index in [4.69, 9.17) is 0 Å². The van der Waals surface area contributed by atoms with E-state index in [-0.39, 0.29) is 47.6 Å². The molecule has 8 heteroatoms. The minimum Gasteiger partial charge on any atom is -0.381 e. The van der Waals surface area contributed by atoms with Gasteiger partial charge in [0.15, 0.2) is 6.10 Å². The van der Waals surface area contributed by atoms with Gasteiger partial charge < -0.3 is 26.4 Å². The molecule has 0 radical (unpaired) electrons. The van der Waals surface area contributed by atoms with Gasteiger partial charge in [0, 0.05) is 18.5 Å². The van der Waals surface area contributed by atoms with Crippen LogP contribution >= 0.6 is 0 Å². The third-order valence-corrected chi connectivity index (χ3v) is 7.18. The normalized spacial score (nSPS) is 35.3. The molecule has 8 nitrogen and oxygen atoms in total. The van der Waals surface area contributed by atoms with Gasteiger partial charge in [-0.2, -0.15) is 0 Å². The van der Waals surface area contributed by atoms with Crippen LogP contribution in [0, 0.1) is 23.2 Å². The maximum Gasteiger partial charge on any atom is 0.251 e. The molecule has 2 unspecified atom stereocenters. The summed E-state index contributed by atoms with van der Waals surface area (Å²) in [6, 6.07) is -0.954. The van der Waals surface area contributed by atoms with Gasteiger partial charge in [-0.3, -0.25) is 14.4 Å². The molecule has 2 heterocycles. The monoisotopic (exact) mass is 392 g/mol. The molecule has 0 bridgehead atoms. The molecule has 4 fully saturated rings. The predicted molar refractivity (Wildman–Crippen MR) is 102 cm³/mol. The minimum absolute atomic E-state index is 0.0670. The first-order chi connectivity index (χ1) is 13.3. The van der Waals surface area contributed by atoms with Crippen molar-refractivity contribution in [2.24, 2.45) is 23.2 Å². The molecule has 2 saturated heterocycles. The van der Waals surface area contributed by atoms with Crippen LogP contribution in [0.15, 0.2) is 0 Å². The van der Waals surface area contributed by atoms with Gasteiger partial charge in [0.25, 0.3) is 5.91 Å². The Labute approximate surface area is 165 Å². The second-order valence-electron chi connectivity index (χ2n) is 9.55. The van der Waals surface area contributed by atoms with E-state index in [1.54, 1.807) is 0 Å². The fourth-order valence-electron chi connectivity index (χ4n) is 5.08. The topological polar surface area (TPSA) is 120 Å². The van der Waals surface area contributed by atoms with E-state index >= 15 is 0 Å². The van der Waals surface area contributed by atoms with Crippen molar-refractivity contribution >= 4 is 17.7 Å². The molecule has 0 spiro atoms. The highest BCUT2D eigenvalue weighted by Crippen LogP contribution is 2.62. The smallest absolute Gasteiger partial charge is 0.251 e. The first-order valence-corrected chi connectivity index (χ1v) is 10.6. The van der Waals surface area contributed by atoms with Gasteiger partial charge >= 0.3 is 0 Å². The number of carbonyl (C=O) groups excluding carboxylic acids is 3. The van der Waals surface area contributed by atoms with Crippen LogP contribution in [0.4, 0.5) is 0 Å². The highest BCUT2D eigenvalue weighted by Gasteiger charge is 2.65. The molecule has 0 aromatic rings. The zero-order valence-electron chi connectivity index (χ0n) is 16.7. The van der Waals surface area contributed by atoms with Crippen LogP contribution in [0.3, 0.4) is 0 Å². The quantitative estimate of drug-likeness (QED) is 0.391. The summed E-state index contributed by atoms with van der Waals surface area (Å²) in [5.74, 6) is -0.241. The highest BCUT2D eigenvalue weighted by atomic mass is 16.3. The molecule has 4 aliphatic rings. The van der Waals surface area contributed by atoms with Crippen molar-refractivity contribution in [1.82, 2.24) is 21.3 Å². The van der Waals surface area contributed by atoms with Crippen molar-refractivity contribution in [2.45, 2.75) is 70.2 Å². The molecule has 2 saturated carbocycles. The molecule has 4 rings (SSSR count). The Balaban J connectivity index is 1.43. The average molecular weight is 393 g/mol. The van der Waals surface area contributed by atoms with Gasteiger partial charge in [-0.25, -0.2) is 0 Å². The van der Waals surface area contributed by atoms with E-state index < -0.39 is 18.1 Å². The number of aliphatic hydroxyl groups is 1. The number of nitrogens with one attached hydrogen (secondary N) is 4. The molecular weight excluding hydrogens is 360 g/mol. The average Bonchev–Trinajstić information content (AvgIpc) is 3.48. The van der Waals surface area contributed by atoms with Gasteiger partial charge in [-0.15, -0.1) is 0 Å². The maximum absolute atomic E-state index is 12.9. The van der Waals surface area contributed by atoms with E-state index in [1.807, 2.05) is 0 Å². The standard InChI is InChI=1S/C20H32N4O4/c1-20(2)12-9-22-15(14(12)20)18(27)24-13(8-10-4-3-7-21-17(10)26)16(25)19(28)23-11-5-6-11/h10-16,22,25H,3-9H2,1-2H3,(H,21,26)(H,23,28)(H,24,27)/t10-,12-,13?,14-,15-,16?/m0/s1. The summed E-state index contributed by atoms with van der Waals surface area (Å²) < 4.78 is 0. The molecular formula is C20H32N4O4. The Kier molecular flexibility index (Phi) is 5.12. The van der Waals surface area contributed by atoms with Crippen LogP contribution in [0.5, 0.6) is 0 Å². The SMILES string of the molecule is CC1(C)[C@@H]2[C@@H](C(=O)NC(C[C@@H]3CCCNC3=O)C(O)C(=O)NC3CC3)NC[C@@H]21. The summed E-state index contributed by atoms with van der Waals surface area (Å²) in [7, 11) is 0. The molecule has 5 N–H and O–H groups in total. The van der Waals surface area contributed by atoms with Gasteiger partial charge in [-0.05, 0) is 55.9 Å². The Morgan fingerprint density at radius 1 is 1.29 bits per heavy atom. The number of hydrogen-bond donors (Lipinski definition) is 5. The fraction of sp³-hybridized carbons (Fsp3) is 0.850. The molecule has 2 aliphatic carbocycles. The van der Waals surface area contributed by atoms with E-state index in [0.29, 0.717) is 18.9 Å². The summed E-state index contributed by atoms with van der Waals surface area (Å²) in [5, 5.41) is 22.5. The highest BCUT2D eigenvalue weighted by molar-refractivity contribution is 5.87. The summed E-state index contributed by atoms with van der Waals surface area (Å²) in [6.45, 7) is 5.81. The second-order valence-corrected chi connectivity index (χ2v) is 9.55. The van der Waals surface area contributed by atoms with E-state index in [2.05, 4.69) is 35.1 Å². The first kappa shape index (κ1) is 19.6. The molecule has 2 aliphatic heterocycles. The van der Waals surface area contributed by atoms with Crippen LogP contribution in [-0.2, 0) is 14.4 Å². The number of piperidine rings is 2. The molecule has 6 atom stereocenters. The van der Waals surface area contributed by atoms with E-state index in [1.165, 1.54) is 0 Å². The van der Waals surface area contributed by atoms with Crippen molar-refractivity contribution in [3.63, 3.8) is 0 Å². The summed E-state index contributed by atoms with van der Waals surface area (Å²) in [4.78, 5) is 37.5. The Bertz CT molecular complexity index is 663. The number of hydrogen-bond acceptors (Lipinski definition) is 5. The van der Waals surface area contributed by atoms with Gasteiger partial charge in [0.2, 0.25) is 11.8 Å². The Morgan fingerprint density at radius 3 is 2.64 bits per heavy atom. The lowest BCUT2D eigenvalue weighted by atomic mass is 9.89. The lowest BCUT2D eigenvalue weighted by molar-refractivity contribution is -0.135. The molecule has 156 valence electrons. The van der Waals surface area contributed by atoms with Crippen molar-refractivity contribution in [3.05, 3.63) is 0 Å². The predicted octanol–water partition coefficient (Wildman–Crippen LogP) is -0.729. The van der Waals surface area contributed by atoms with Crippen molar-refractivity contribution < 1.29 is 19.5 Å². The van der Waals surface area contributed by atoms with E-state index in [0.717, 1.165) is 25.8 Å². The fourth-order valence-corrected chi connectivity index (χ4v) is 5.08. The zero-order valence-corrected chi connectivity index (χ0v) is 16.7. The third kappa shape index (κ3) is 3.76. The molecule has 3 amide bonds. The van der Waals surface area contributed by atoms with Crippen LogP contribution in [0.25, 0.3) is 0 Å². The van der Waals surface area contributed by atoms with E-state index in [9.17, 15) is 19.5 Å². The zero-order chi connectivity index (χ0) is 20.1. The Morgan fingerprint density at radius 2 is 2.04 bits per heavy atom. The maximum atomic E-state index is 12.9. The van der Waals surface area contributed by atoms with Gasteiger partial charge in [-0.1, -0.05) is 13.8 Å². The Hall–Kier alpha value is -1.67. The lowest BCUT2D eigenvalue weighted by Crippen LogP contribution is -2.56. The van der Waals surface area contributed by atoms with Crippen LogP contribution in [-0.4, -0.2) is 60.1 Å². The number of aliphatic hydroxyl groups excluding tert-OH is 1. The first-order valence-electron chi connectivity index (χ1n) is 10.6.